The zero-order valence-electron chi connectivity index (χ0n) is 17.3. The molecule has 2 aliphatic rings. The lowest BCUT2D eigenvalue weighted by atomic mass is 10.1. The van der Waals surface area contributed by atoms with Crippen LogP contribution in [-0.2, 0) is 32.4 Å². The number of aryl methyl sites for hydroxylation is 2. The Balaban J connectivity index is 1.28. The van der Waals surface area contributed by atoms with Gasteiger partial charge in [0.2, 0.25) is 10.0 Å². The van der Waals surface area contributed by atoms with Crippen LogP contribution in [0.2, 0.25) is 0 Å². The number of ether oxygens (including phenoxy) is 1. The third-order valence-corrected chi connectivity index (χ3v) is 8.88. The molecule has 2 aromatic rings. The molecule has 1 aromatic heterocycles. The average Bonchev–Trinajstić information content (AvgIpc) is 3.08. The van der Waals surface area contributed by atoms with Gasteiger partial charge in [-0.3, -0.25) is 4.79 Å². The van der Waals surface area contributed by atoms with Crippen molar-refractivity contribution >= 4 is 33.2 Å². The third-order valence-electron chi connectivity index (χ3n) is 5.75. The molecule has 1 saturated heterocycles. The van der Waals surface area contributed by atoms with Crippen LogP contribution in [0.3, 0.4) is 0 Å². The number of thiophene rings is 1. The van der Waals surface area contributed by atoms with E-state index >= 15 is 0 Å². The highest BCUT2D eigenvalue weighted by Crippen LogP contribution is 2.29. The van der Waals surface area contributed by atoms with E-state index in [0.29, 0.717) is 4.88 Å². The molecule has 0 spiro atoms. The Labute approximate surface area is 186 Å². The Hall–Kier alpha value is -2.23. The van der Waals surface area contributed by atoms with E-state index in [-0.39, 0.29) is 43.6 Å². The lowest BCUT2D eigenvalue weighted by Gasteiger charge is -2.33. The molecule has 0 unspecified atom stereocenters. The van der Waals surface area contributed by atoms with E-state index in [9.17, 15) is 18.0 Å². The standard InChI is InChI=1S/C22H26N2O5S2/c25-21(16-29-22(26)20-15-17-7-3-1-6-10-19(17)30-20)23-11-13-24(14-12-23)31(27,28)18-8-4-2-5-9-18/h2,4-5,8-9,15H,1,3,6-7,10-14,16H2. The molecule has 1 aliphatic heterocycles. The Morgan fingerprint density at radius 2 is 1.68 bits per heavy atom. The molecule has 1 aliphatic carbocycles. The van der Waals surface area contributed by atoms with Crippen LogP contribution in [0.1, 0.15) is 39.4 Å². The largest absolute Gasteiger partial charge is 0.451 e. The fourth-order valence-corrected chi connectivity index (χ4v) is 6.57. The number of hydrogen-bond donors (Lipinski definition) is 0. The van der Waals surface area contributed by atoms with Crippen LogP contribution >= 0.6 is 11.3 Å². The van der Waals surface area contributed by atoms with E-state index in [1.165, 1.54) is 32.5 Å². The van der Waals surface area contributed by atoms with Gasteiger partial charge in [-0.15, -0.1) is 11.3 Å². The van der Waals surface area contributed by atoms with E-state index < -0.39 is 16.0 Å². The molecular weight excluding hydrogens is 436 g/mol. The number of piperazine rings is 1. The van der Waals surface area contributed by atoms with Crippen molar-refractivity contribution in [1.29, 1.82) is 0 Å². The second-order valence-corrected chi connectivity index (χ2v) is 10.9. The molecule has 0 N–H and O–H groups in total. The van der Waals surface area contributed by atoms with Gasteiger partial charge in [0.05, 0.1) is 4.90 Å². The zero-order chi connectivity index (χ0) is 21.8. The number of fused-ring (bicyclic) bond motifs is 1. The fourth-order valence-electron chi connectivity index (χ4n) is 3.98. The Kier molecular flexibility index (Phi) is 6.74. The minimum Gasteiger partial charge on any atom is -0.451 e. The number of sulfonamides is 1. The van der Waals surface area contributed by atoms with Gasteiger partial charge in [-0.1, -0.05) is 24.6 Å². The maximum atomic E-state index is 12.7. The molecule has 0 radical (unpaired) electrons. The normalized spacial score (nSPS) is 17.6. The summed E-state index contributed by atoms with van der Waals surface area (Å²) in [4.78, 5) is 28.5. The molecule has 4 rings (SSSR count). The van der Waals surface area contributed by atoms with Crippen LogP contribution in [0.15, 0.2) is 41.3 Å². The van der Waals surface area contributed by atoms with E-state index in [0.717, 1.165) is 25.7 Å². The van der Waals surface area contributed by atoms with Gasteiger partial charge in [-0.05, 0) is 49.4 Å². The van der Waals surface area contributed by atoms with Crippen LogP contribution in [0.4, 0.5) is 0 Å². The molecule has 1 aromatic carbocycles. The summed E-state index contributed by atoms with van der Waals surface area (Å²) in [5.74, 6) is -0.764. The first-order chi connectivity index (χ1) is 14.9. The maximum absolute atomic E-state index is 12.7. The van der Waals surface area contributed by atoms with Crippen molar-refractivity contribution in [2.24, 2.45) is 0 Å². The number of hydrogen-bond acceptors (Lipinski definition) is 6. The summed E-state index contributed by atoms with van der Waals surface area (Å²) in [6.45, 7) is 0.654. The quantitative estimate of drug-likeness (QED) is 0.504. The van der Waals surface area contributed by atoms with Gasteiger partial charge < -0.3 is 9.64 Å². The lowest BCUT2D eigenvalue weighted by molar-refractivity contribution is -0.135. The average molecular weight is 463 g/mol. The van der Waals surface area contributed by atoms with Crippen molar-refractivity contribution in [3.63, 3.8) is 0 Å². The summed E-state index contributed by atoms with van der Waals surface area (Å²) in [7, 11) is -3.57. The van der Waals surface area contributed by atoms with Crippen molar-refractivity contribution < 1.29 is 22.7 Å². The number of esters is 1. The van der Waals surface area contributed by atoms with Crippen LogP contribution in [0.5, 0.6) is 0 Å². The summed E-state index contributed by atoms with van der Waals surface area (Å²) < 4.78 is 32.0. The minimum absolute atomic E-state index is 0.217. The molecule has 166 valence electrons. The SMILES string of the molecule is O=C(OCC(=O)N1CCN(S(=O)(=O)c2ccccc2)CC1)c1cc2c(s1)CCCCC2. The van der Waals surface area contributed by atoms with Gasteiger partial charge in [0.25, 0.3) is 5.91 Å². The molecule has 0 saturated carbocycles. The maximum Gasteiger partial charge on any atom is 0.348 e. The number of carbonyl (C=O) groups is 2. The van der Waals surface area contributed by atoms with Crippen LogP contribution in [0, 0.1) is 0 Å². The Morgan fingerprint density at radius 3 is 2.42 bits per heavy atom. The molecule has 0 atom stereocenters. The van der Waals surface area contributed by atoms with E-state index in [1.54, 1.807) is 35.2 Å². The summed E-state index contributed by atoms with van der Waals surface area (Å²) in [5.41, 5.74) is 1.23. The van der Waals surface area contributed by atoms with Crippen LogP contribution < -0.4 is 0 Å². The van der Waals surface area contributed by atoms with Crippen molar-refractivity contribution in [2.45, 2.75) is 37.0 Å². The number of rotatable bonds is 5. The minimum atomic E-state index is -3.57. The zero-order valence-corrected chi connectivity index (χ0v) is 18.9. The van der Waals surface area contributed by atoms with Crippen LogP contribution in [0.25, 0.3) is 0 Å². The highest BCUT2D eigenvalue weighted by molar-refractivity contribution is 7.89. The molecule has 31 heavy (non-hydrogen) atoms. The van der Waals surface area contributed by atoms with Gasteiger partial charge in [-0.25, -0.2) is 13.2 Å². The monoisotopic (exact) mass is 462 g/mol. The van der Waals surface area contributed by atoms with Crippen molar-refractivity contribution in [3.05, 3.63) is 51.7 Å². The molecule has 0 bridgehead atoms. The van der Waals surface area contributed by atoms with Gasteiger partial charge in [0.1, 0.15) is 4.88 Å². The highest BCUT2D eigenvalue weighted by atomic mass is 32.2. The van der Waals surface area contributed by atoms with Crippen molar-refractivity contribution in [3.8, 4) is 0 Å². The number of amides is 1. The number of carbonyl (C=O) groups excluding carboxylic acids is 2. The Morgan fingerprint density at radius 1 is 0.968 bits per heavy atom. The molecule has 1 fully saturated rings. The Bertz CT molecular complexity index is 1020. The first kappa shape index (κ1) is 22.0. The lowest BCUT2D eigenvalue weighted by Crippen LogP contribution is -2.51. The highest BCUT2D eigenvalue weighted by Gasteiger charge is 2.30. The second-order valence-electron chi connectivity index (χ2n) is 7.79. The van der Waals surface area contributed by atoms with E-state index in [1.807, 2.05) is 6.07 Å². The van der Waals surface area contributed by atoms with Gasteiger partial charge in [-0.2, -0.15) is 4.31 Å². The number of benzene rings is 1. The molecule has 2 heterocycles. The van der Waals surface area contributed by atoms with Crippen LogP contribution in [-0.4, -0.2) is 62.3 Å². The van der Waals surface area contributed by atoms with E-state index in [4.69, 9.17) is 4.74 Å². The number of nitrogens with zero attached hydrogens (tertiary/aromatic N) is 2. The smallest absolute Gasteiger partial charge is 0.348 e. The fraction of sp³-hybridized carbons (Fsp3) is 0.455. The molecule has 9 heteroatoms. The topological polar surface area (TPSA) is 84.0 Å². The van der Waals surface area contributed by atoms with Gasteiger partial charge >= 0.3 is 5.97 Å². The molecular formula is C22H26N2O5S2. The first-order valence-electron chi connectivity index (χ1n) is 10.6. The first-order valence-corrected chi connectivity index (χ1v) is 12.8. The van der Waals surface area contributed by atoms with Crippen molar-refractivity contribution in [1.82, 2.24) is 9.21 Å². The summed E-state index contributed by atoms with van der Waals surface area (Å²) in [5, 5.41) is 0. The van der Waals surface area contributed by atoms with Gasteiger partial charge in [0.15, 0.2) is 6.61 Å². The van der Waals surface area contributed by atoms with Crippen molar-refractivity contribution in [2.75, 3.05) is 32.8 Å². The third kappa shape index (κ3) is 4.99. The summed E-state index contributed by atoms with van der Waals surface area (Å²) in [6.07, 6.45) is 5.50. The summed E-state index contributed by atoms with van der Waals surface area (Å²) in [6, 6.07) is 10.2. The van der Waals surface area contributed by atoms with E-state index in [2.05, 4.69) is 0 Å². The predicted octanol–water partition coefficient (Wildman–Crippen LogP) is 2.71. The van der Waals surface area contributed by atoms with Gasteiger partial charge in [0, 0.05) is 31.1 Å². The second kappa shape index (κ2) is 9.50. The molecule has 1 amide bonds. The summed E-state index contributed by atoms with van der Waals surface area (Å²) >= 11 is 1.47. The predicted molar refractivity (Wildman–Crippen MR) is 118 cm³/mol. The molecule has 7 nitrogen and oxygen atoms in total.